The van der Waals surface area contributed by atoms with E-state index < -0.39 is 0 Å². The van der Waals surface area contributed by atoms with Crippen molar-refractivity contribution in [1.82, 2.24) is 5.32 Å². The third kappa shape index (κ3) is 5.39. The summed E-state index contributed by atoms with van der Waals surface area (Å²) >= 11 is 0. The molecule has 0 aromatic heterocycles. The quantitative estimate of drug-likeness (QED) is 0.860. The van der Waals surface area contributed by atoms with Crippen LogP contribution in [0.5, 0.6) is 0 Å². The maximum Gasteiger partial charge on any atom is 0.246 e. The van der Waals surface area contributed by atoms with Crippen molar-refractivity contribution in [1.29, 1.82) is 0 Å². The van der Waals surface area contributed by atoms with Crippen LogP contribution < -0.4 is 5.32 Å². The molecule has 19 heavy (non-hydrogen) atoms. The predicted molar refractivity (Wildman–Crippen MR) is 73.2 cm³/mol. The Morgan fingerprint density at radius 2 is 1.79 bits per heavy atom. The Balaban J connectivity index is 2.68. The SMILES string of the molecule is CC(C)OCC(=O)NC(c1ccc(F)cc1)C(C)C. The summed E-state index contributed by atoms with van der Waals surface area (Å²) in [6.45, 7) is 7.83. The zero-order valence-corrected chi connectivity index (χ0v) is 11.9. The van der Waals surface area contributed by atoms with Gasteiger partial charge >= 0.3 is 0 Å². The van der Waals surface area contributed by atoms with Gasteiger partial charge in [0.25, 0.3) is 0 Å². The molecule has 1 rings (SSSR count). The van der Waals surface area contributed by atoms with Gasteiger partial charge in [0.05, 0.1) is 12.1 Å². The number of carbonyl (C=O) groups is 1. The van der Waals surface area contributed by atoms with Crippen LogP contribution in [0, 0.1) is 11.7 Å². The van der Waals surface area contributed by atoms with Gasteiger partial charge in [-0.25, -0.2) is 4.39 Å². The summed E-state index contributed by atoms with van der Waals surface area (Å²) in [6.07, 6.45) is 0.0223. The van der Waals surface area contributed by atoms with Crippen molar-refractivity contribution in [2.75, 3.05) is 6.61 Å². The van der Waals surface area contributed by atoms with Gasteiger partial charge in [0.2, 0.25) is 5.91 Å². The fourth-order valence-corrected chi connectivity index (χ4v) is 1.76. The number of hydrogen-bond donors (Lipinski definition) is 1. The van der Waals surface area contributed by atoms with Crippen molar-refractivity contribution in [2.45, 2.75) is 39.8 Å². The first-order valence-electron chi connectivity index (χ1n) is 6.56. The number of ether oxygens (including phenoxy) is 1. The molecule has 1 aromatic carbocycles. The highest BCUT2D eigenvalue weighted by atomic mass is 19.1. The Labute approximate surface area is 114 Å². The molecule has 0 aliphatic carbocycles. The minimum atomic E-state index is -0.277. The Kier molecular flexibility index (Phi) is 5.96. The molecule has 1 atom stereocenters. The molecule has 0 spiro atoms. The maximum atomic E-state index is 12.9. The summed E-state index contributed by atoms with van der Waals surface area (Å²) in [5, 5.41) is 2.92. The molecule has 106 valence electrons. The second kappa shape index (κ2) is 7.24. The molecule has 1 N–H and O–H groups in total. The number of halogens is 1. The van der Waals surface area contributed by atoms with Crippen LogP contribution in [-0.4, -0.2) is 18.6 Å². The van der Waals surface area contributed by atoms with Crippen molar-refractivity contribution in [3.63, 3.8) is 0 Å². The maximum absolute atomic E-state index is 12.9. The van der Waals surface area contributed by atoms with E-state index in [4.69, 9.17) is 4.74 Å². The Morgan fingerprint density at radius 1 is 1.21 bits per heavy atom. The molecule has 0 fully saturated rings. The van der Waals surface area contributed by atoms with Crippen LogP contribution in [0.3, 0.4) is 0 Å². The molecule has 0 bridgehead atoms. The predicted octanol–water partition coefficient (Wildman–Crippen LogP) is 3.06. The van der Waals surface area contributed by atoms with Crippen LogP contribution in [0.15, 0.2) is 24.3 Å². The van der Waals surface area contributed by atoms with Gasteiger partial charge in [0, 0.05) is 0 Å². The Morgan fingerprint density at radius 3 is 2.26 bits per heavy atom. The van der Waals surface area contributed by atoms with E-state index >= 15 is 0 Å². The van der Waals surface area contributed by atoms with Crippen molar-refractivity contribution in [3.05, 3.63) is 35.6 Å². The molecular weight excluding hydrogens is 245 g/mol. The summed E-state index contributed by atoms with van der Waals surface area (Å²) in [5.74, 6) is -0.217. The molecular formula is C15H22FNO2. The first-order valence-corrected chi connectivity index (χ1v) is 6.56. The Bertz CT molecular complexity index is 401. The van der Waals surface area contributed by atoms with Crippen LogP contribution >= 0.6 is 0 Å². The van der Waals surface area contributed by atoms with Gasteiger partial charge in [-0.2, -0.15) is 0 Å². The summed E-state index contributed by atoms with van der Waals surface area (Å²) in [5.41, 5.74) is 0.897. The second-order valence-electron chi connectivity index (χ2n) is 5.20. The fourth-order valence-electron chi connectivity index (χ4n) is 1.76. The molecule has 0 aliphatic rings. The fraction of sp³-hybridized carbons (Fsp3) is 0.533. The first kappa shape index (κ1) is 15.6. The topological polar surface area (TPSA) is 38.3 Å². The highest BCUT2D eigenvalue weighted by Gasteiger charge is 2.18. The first-order chi connectivity index (χ1) is 8.90. The van der Waals surface area contributed by atoms with Crippen LogP contribution in [-0.2, 0) is 9.53 Å². The van der Waals surface area contributed by atoms with Gasteiger partial charge in [-0.05, 0) is 37.5 Å². The highest BCUT2D eigenvalue weighted by molar-refractivity contribution is 5.77. The van der Waals surface area contributed by atoms with Gasteiger partial charge < -0.3 is 10.1 Å². The summed E-state index contributed by atoms with van der Waals surface area (Å²) < 4.78 is 18.2. The minimum Gasteiger partial charge on any atom is -0.369 e. The molecule has 0 heterocycles. The number of nitrogens with one attached hydrogen (secondary N) is 1. The molecule has 4 heteroatoms. The third-order valence-electron chi connectivity index (χ3n) is 2.76. The van der Waals surface area contributed by atoms with Crippen molar-refractivity contribution < 1.29 is 13.9 Å². The van der Waals surface area contributed by atoms with E-state index in [9.17, 15) is 9.18 Å². The average Bonchev–Trinajstić information content (AvgIpc) is 2.34. The van der Waals surface area contributed by atoms with Gasteiger partial charge in [0.15, 0.2) is 0 Å². The number of carbonyl (C=O) groups excluding carboxylic acids is 1. The van der Waals surface area contributed by atoms with E-state index in [1.165, 1.54) is 12.1 Å². The van der Waals surface area contributed by atoms with Gasteiger partial charge in [-0.3, -0.25) is 4.79 Å². The lowest BCUT2D eigenvalue weighted by atomic mass is 9.96. The summed E-state index contributed by atoms with van der Waals surface area (Å²) in [4.78, 5) is 11.8. The minimum absolute atomic E-state index is 0.0223. The van der Waals surface area contributed by atoms with E-state index in [1.54, 1.807) is 12.1 Å². The van der Waals surface area contributed by atoms with Crippen LogP contribution in [0.2, 0.25) is 0 Å². The number of hydrogen-bond acceptors (Lipinski definition) is 2. The van der Waals surface area contributed by atoms with Gasteiger partial charge in [-0.15, -0.1) is 0 Å². The average molecular weight is 267 g/mol. The lowest BCUT2D eigenvalue weighted by molar-refractivity contribution is -0.128. The van der Waals surface area contributed by atoms with Crippen LogP contribution in [0.4, 0.5) is 4.39 Å². The van der Waals surface area contributed by atoms with Gasteiger partial charge in [-0.1, -0.05) is 26.0 Å². The van der Waals surface area contributed by atoms with E-state index in [0.717, 1.165) is 5.56 Å². The molecule has 0 saturated carbocycles. The molecule has 0 aliphatic heterocycles. The van der Waals surface area contributed by atoms with E-state index in [0.29, 0.717) is 0 Å². The third-order valence-corrected chi connectivity index (χ3v) is 2.76. The van der Waals surface area contributed by atoms with Crippen molar-refractivity contribution in [2.24, 2.45) is 5.92 Å². The number of amides is 1. The zero-order valence-electron chi connectivity index (χ0n) is 11.9. The highest BCUT2D eigenvalue weighted by Crippen LogP contribution is 2.21. The second-order valence-corrected chi connectivity index (χ2v) is 5.20. The van der Waals surface area contributed by atoms with E-state index in [2.05, 4.69) is 5.32 Å². The van der Waals surface area contributed by atoms with Crippen molar-refractivity contribution >= 4 is 5.91 Å². The monoisotopic (exact) mass is 267 g/mol. The Hall–Kier alpha value is -1.42. The molecule has 1 amide bonds. The van der Waals surface area contributed by atoms with Gasteiger partial charge in [0.1, 0.15) is 12.4 Å². The smallest absolute Gasteiger partial charge is 0.246 e. The summed E-state index contributed by atoms with van der Waals surface area (Å²) in [6, 6.07) is 6.07. The normalized spacial score (nSPS) is 12.8. The number of benzene rings is 1. The lowest BCUT2D eigenvalue weighted by Crippen LogP contribution is -2.35. The van der Waals surface area contributed by atoms with Crippen molar-refractivity contribution in [3.8, 4) is 0 Å². The van der Waals surface area contributed by atoms with Crippen LogP contribution in [0.1, 0.15) is 39.3 Å². The lowest BCUT2D eigenvalue weighted by Gasteiger charge is -2.23. The zero-order chi connectivity index (χ0) is 14.4. The van der Waals surface area contributed by atoms with E-state index in [-0.39, 0.29) is 36.4 Å². The molecule has 0 saturated heterocycles. The molecule has 3 nitrogen and oxygen atoms in total. The largest absolute Gasteiger partial charge is 0.369 e. The number of rotatable bonds is 6. The molecule has 1 aromatic rings. The standard InChI is InChI=1S/C15H22FNO2/c1-10(2)15(12-5-7-13(16)8-6-12)17-14(18)9-19-11(3)4/h5-8,10-11,15H,9H2,1-4H3,(H,17,18). The molecule has 0 radical (unpaired) electrons. The van der Waals surface area contributed by atoms with E-state index in [1.807, 2.05) is 27.7 Å². The molecule has 1 unspecified atom stereocenters. The summed E-state index contributed by atoms with van der Waals surface area (Å²) in [7, 11) is 0. The van der Waals surface area contributed by atoms with Crippen LogP contribution in [0.25, 0.3) is 0 Å².